The van der Waals surface area contributed by atoms with Crippen LogP contribution in [0.3, 0.4) is 0 Å². The number of nitrogens with two attached hydrogens (primary N) is 1. The van der Waals surface area contributed by atoms with E-state index in [1.165, 1.54) is 12.1 Å². The summed E-state index contributed by atoms with van der Waals surface area (Å²) in [6, 6.07) is 20.5. The molecule has 220 valence electrons. The van der Waals surface area contributed by atoms with Crippen LogP contribution in [0.4, 0.5) is 17.1 Å². The Kier molecular flexibility index (Phi) is 5.72. The molecule has 0 aliphatic rings. The van der Waals surface area contributed by atoms with E-state index in [-0.39, 0.29) is 16.3 Å². The Bertz CT molecular complexity index is 2680. The first-order chi connectivity index (χ1) is 21.6. The monoisotopic (exact) mass is 614 g/mol. The molecule has 13 heteroatoms. The van der Waals surface area contributed by atoms with Crippen LogP contribution in [0.15, 0.2) is 77.7 Å². The number of anilines is 3. The number of phenolic OH excluding ortho intramolecular Hbond substituents is 1. The Morgan fingerprint density at radius 1 is 0.622 bits per heavy atom. The van der Waals surface area contributed by atoms with Gasteiger partial charge in [0.05, 0.1) is 71.9 Å². The van der Waals surface area contributed by atoms with Crippen molar-refractivity contribution in [3.05, 3.63) is 78.4 Å². The fraction of sp³-hybridized carbons (Fsp3) is 0.0625. The first-order valence-corrected chi connectivity index (χ1v) is 15.4. The number of nitrogens with zero attached hydrogens (tertiary/aromatic N) is 6. The largest absolute Gasteiger partial charge is 0.508 e. The number of nitrogens with one attached hydrogen (secondary N) is 1. The van der Waals surface area contributed by atoms with E-state index in [1.807, 2.05) is 30.3 Å². The summed E-state index contributed by atoms with van der Waals surface area (Å²) in [5.41, 5.74) is 15.2. The third-order valence-corrected chi connectivity index (χ3v) is 8.58. The molecule has 0 amide bonds. The molecule has 12 nitrogen and oxygen atoms in total. The molecule has 8 aromatic rings. The normalized spacial score (nSPS) is 12.2. The molecule has 0 bridgehead atoms. The molecule has 5 aromatic carbocycles. The number of aromatic nitrogens is 6. The number of fused-ring (bicyclic) bond motifs is 6. The molecule has 0 spiro atoms. The standard InChI is InChI=1S/C32H22N8O4S/c1-2-15-7-32(45(42,43)44)30(14-31(15)41)34-17-4-6-19-21(9-17)38-25-13-29-27(11-23(25)36-19)39-28-12-24-22(10-26(28)40-29)35-18-5-3-16(33)8-20(18)37-24/h3-14,34,41H,2,33H2,1H3,(H,42,43,44). The van der Waals surface area contributed by atoms with Crippen molar-refractivity contribution in [2.45, 2.75) is 18.2 Å². The lowest BCUT2D eigenvalue weighted by Gasteiger charge is -2.14. The van der Waals surface area contributed by atoms with Gasteiger partial charge in [0, 0.05) is 17.4 Å². The maximum Gasteiger partial charge on any atom is 0.296 e. The van der Waals surface area contributed by atoms with Gasteiger partial charge in [0.2, 0.25) is 0 Å². The quantitative estimate of drug-likeness (QED) is 0.106. The van der Waals surface area contributed by atoms with E-state index in [0.717, 1.165) is 5.52 Å². The highest BCUT2D eigenvalue weighted by Crippen LogP contribution is 2.33. The summed E-state index contributed by atoms with van der Waals surface area (Å²) in [7, 11) is -4.56. The number of phenols is 1. The fourth-order valence-corrected chi connectivity index (χ4v) is 6.15. The van der Waals surface area contributed by atoms with Crippen LogP contribution in [0.25, 0.3) is 66.2 Å². The maximum absolute atomic E-state index is 12.1. The molecule has 45 heavy (non-hydrogen) atoms. The van der Waals surface area contributed by atoms with Crippen molar-refractivity contribution < 1.29 is 18.1 Å². The van der Waals surface area contributed by atoms with Crippen molar-refractivity contribution in [3.63, 3.8) is 0 Å². The summed E-state index contributed by atoms with van der Waals surface area (Å²) in [5.74, 6) is -0.0851. The summed E-state index contributed by atoms with van der Waals surface area (Å²) in [4.78, 5) is 28.4. The van der Waals surface area contributed by atoms with Gasteiger partial charge in [0.1, 0.15) is 10.6 Å². The zero-order valence-electron chi connectivity index (χ0n) is 23.5. The van der Waals surface area contributed by atoms with Gasteiger partial charge < -0.3 is 16.2 Å². The van der Waals surface area contributed by atoms with Crippen LogP contribution in [-0.4, -0.2) is 48.0 Å². The lowest BCUT2D eigenvalue weighted by molar-refractivity contribution is 0.467. The molecule has 3 aromatic heterocycles. The third-order valence-electron chi connectivity index (χ3n) is 7.68. The van der Waals surface area contributed by atoms with E-state index in [2.05, 4.69) is 5.32 Å². The minimum atomic E-state index is -4.56. The van der Waals surface area contributed by atoms with E-state index in [9.17, 15) is 18.1 Å². The minimum absolute atomic E-state index is 0.0304. The maximum atomic E-state index is 12.1. The second kappa shape index (κ2) is 9.61. The van der Waals surface area contributed by atoms with Gasteiger partial charge >= 0.3 is 0 Å². The predicted octanol–water partition coefficient (Wildman–Crippen LogP) is 5.82. The Morgan fingerprint density at radius 3 is 1.56 bits per heavy atom. The number of aryl methyl sites for hydroxylation is 1. The van der Waals surface area contributed by atoms with E-state index in [0.29, 0.717) is 84.0 Å². The first kappa shape index (κ1) is 26.8. The van der Waals surface area contributed by atoms with Crippen LogP contribution >= 0.6 is 0 Å². The van der Waals surface area contributed by atoms with Gasteiger partial charge in [-0.05, 0) is 78.7 Å². The van der Waals surface area contributed by atoms with Crippen molar-refractivity contribution in [2.24, 2.45) is 0 Å². The van der Waals surface area contributed by atoms with Crippen molar-refractivity contribution in [1.82, 2.24) is 29.9 Å². The fourth-order valence-electron chi connectivity index (χ4n) is 5.47. The minimum Gasteiger partial charge on any atom is -0.508 e. The Morgan fingerprint density at radius 2 is 1.07 bits per heavy atom. The van der Waals surface area contributed by atoms with Crippen molar-refractivity contribution in [2.75, 3.05) is 11.1 Å². The van der Waals surface area contributed by atoms with E-state index < -0.39 is 10.1 Å². The van der Waals surface area contributed by atoms with Gasteiger partial charge in [-0.1, -0.05) is 6.92 Å². The molecule has 0 unspecified atom stereocenters. The summed E-state index contributed by atoms with van der Waals surface area (Å²) in [6.07, 6.45) is 0.389. The summed E-state index contributed by atoms with van der Waals surface area (Å²) >= 11 is 0. The molecule has 0 saturated heterocycles. The molecule has 3 heterocycles. The second-order valence-electron chi connectivity index (χ2n) is 10.7. The zero-order chi connectivity index (χ0) is 31.0. The van der Waals surface area contributed by atoms with Crippen molar-refractivity contribution in [3.8, 4) is 5.75 Å². The average molecular weight is 615 g/mol. The SMILES string of the molecule is CCc1cc(S(=O)(=O)O)c(Nc2ccc3nc4cc5nc6cc7nc8cc(N)ccc8nc7cc6nc5cc4nc3c2)cc1O. The molecule has 0 fully saturated rings. The average Bonchev–Trinajstić information content (AvgIpc) is 2.99. The molecule has 0 atom stereocenters. The van der Waals surface area contributed by atoms with E-state index >= 15 is 0 Å². The molecule has 8 rings (SSSR count). The second-order valence-corrected chi connectivity index (χ2v) is 12.1. The van der Waals surface area contributed by atoms with Gasteiger partial charge in [-0.3, -0.25) is 4.55 Å². The van der Waals surface area contributed by atoms with Crippen molar-refractivity contribution >= 4 is 93.4 Å². The lowest BCUT2D eigenvalue weighted by atomic mass is 10.1. The van der Waals surface area contributed by atoms with Crippen LogP contribution in [0, 0.1) is 0 Å². The highest BCUT2D eigenvalue weighted by atomic mass is 32.2. The number of aromatic hydroxyl groups is 1. The lowest BCUT2D eigenvalue weighted by Crippen LogP contribution is -2.05. The van der Waals surface area contributed by atoms with E-state index in [4.69, 9.17) is 35.6 Å². The van der Waals surface area contributed by atoms with Crippen LogP contribution < -0.4 is 11.1 Å². The summed E-state index contributed by atoms with van der Waals surface area (Å²) in [5, 5.41) is 13.3. The Hall–Kier alpha value is -5.79. The summed E-state index contributed by atoms with van der Waals surface area (Å²) in [6.45, 7) is 1.77. The predicted molar refractivity (Wildman–Crippen MR) is 173 cm³/mol. The van der Waals surface area contributed by atoms with Crippen LogP contribution in [0.2, 0.25) is 0 Å². The molecule has 0 saturated carbocycles. The third kappa shape index (κ3) is 4.61. The molecular weight excluding hydrogens is 592 g/mol. The van der Waals surface area contributed by atoms with Crippen LogP contribution in [0.5, 0.6) is 5.75 Å². The topological polar surface area (TPSA) is 190 Å². The molecular formula is C32H22N8O4S. The van der Waals surface area contributed by atoms with Gasteiger partial charge in [0.15, 0.2) is 0 Å². The molecule has 0 aliphatic carbocycles. The van der Waals surface area contributed by atoms with E-state index in [1.54, 1.807) is 37.3 Å². The molecule has 0 aliphatic heterocycles. The number of rotatable bonds is 4. The number of benzene rings is 5. The smallest absolute Gasteiger partial charge is 0.296 e. The number of hydrogen-bond acceptors (Lipinski definition) is 11. The number of hydrogen-bond donors (Lipinski definition) is 4. The zero-order valence-corrected chi connectivity index (χ0v) is 24.3. The van der Waals surface area contributed by atoms with Gasteiger partial charge in [-0.2, -0.15) is 8.42 Å². The summed E-state index contributed by atoms with van der Waals surface area (Å²) < 4.78 is 34.0. The Labute approximate surface area is 254 Å². The highest BCUT2D eigenvalue weighted by Gasteiger charge is 2.19. The Balaban J connectivity index is 1.23. The molecule has 0 radical (unpaired) electrons. The highest BCUT2D eigenvalue weighted by molar-refractivity contribution is 7.86. The van der Waals surface area contributed by atoms with Crippen LogP contribution in [-0.2, 0) is 16.5 Å². The first-order valence-electron chi connectivity index (χ1n) is 13.9. The van der Waals surface area contributed by atoms with Gasteiger partial charge in [-0.15, -0.1) is 0 Å². The van der Waals surface area contributed by atoms with Crippen molar-refractivity contribution in [1.29, 1.82) is 0 Å². The van der Waals surface area contributed by atoms with Gasteiger partial charge in [0.25, 0.3) is 10.1 Å². The number of nitrogen functional groups attached to an aromatic ring is 1. The van der Waals surface area contributed by atoms with Gasteiger partial charge in [-0.25, -0.2) is 29.9 Å². The van der Waals surface area contributed by atoms with Crippen LogP contribution in [0.1, 0.15) is 12.5 Å². The molecule has 5 N–H and O–H groups in total.